The van der Waals surface area contributed by atoms with E-state index >= 15 is 0 Å². The third kappa shape index (κ3) is 1.46. The van der Waals surface area contributed by atoms with Crippen LogP contribution in [0.2, 0.25) is 5.02 Å². The van der Waals surface area contributed by atoms with Crippen molar-refractivity contribution in [2.45, 2.75) is 4.90 Å². The summed E-state index contributed by atoms with van der Waals surface area (Å²) in [5.74, 6) is 0. The fourth-order valence-corrected chi connectivity index (χ4v) is 1.91. The van der Waals surface area contributed by atoms with Gasteiger partial charge in [0, 0.05) is 5.39 Å². The quantitative estimate of drug-likeness (QED) is 0.711. The largest absolute Gasteiger partial charge is 0.355 e. The first-order valence-electron chi connectivity index (χ1n) is 3.47. The molecule has 0 saturated carbocycles. The van der Waals surface area contributed by atoms with Crippen molar-refractivity contribution in [1.82, 2.24) is 5.16 Å². The Bertz CT molecular complexity index is 592. The first-order valence-corrected chi connectivity index (χ1v) is 5.23. The lowest BCUT2D eigenvalue weighted by molar-refractivity contribution is 0.456. The Morgan fingerprint density at radius 1 is 1.43 bits per heavy atom. The molecule has 14 heavy (non-hydrogen) atoms. The summed E-state index contributed by atoms with van der Waals surface area (Å²) in [6.07, 6.45) is 1.26. The number of benzene rings is 1. The molecule has 7 heteroatoms. The highest BCUT2D eigenvalue weighted by Gasteiger charge is 2.16. The molecule has 74 valence electrons. The monoisotopic (exact) mass is 235 g/mol. The zero-order chi connectivity index (χ0) is 10.3. The van der Waals surface area contributed by atoms with E-state index in [0.717, 1.165) is 12.1 Å². The molecule has 0 spiro atoms. The van der Waals surface area contributed by atoms with Crippen molar-refractivity contribution in [3.8, 4) is 0 Å². The zero-order valence-electron chi connectivity index (χ0n) is 6.57. The van der Waals surface area contributed by atoms with Crippen molar-refractivity contribution in [3.05, 3.63) is 23.4 Å². The molecule has 0 atom stereocenters. The number of hydrogen-bond acceptors (Lipinski definition) is 4. The molecule has 2 rings (SSSR count). The molecule has 0 N–H and O–H groups in total. The molecule has 4 nitrogen and oxygen atoms in total. The number of halogens is 2. The first-order chi connectivity index (χ1) is 6.48. The molecule has 0 aliphatic rings. The standard InChI is InChI=1S/C7H3ClFNO3S/c8-6-2-5(14(9,11)12)1-4-3-10-13-7(4)6/h1-3H. The van der Waals surface area contributed by atoms with Crippen LogP contribution in [0.5, 0.6) is 0 Å². The molecule has 0 bridgehead atoms. The van der Waals surface area contributed by atoms with Crippen LogP contribution < -0.4 is 0 Å². The van der Waals surface area contributed by atoms with Crippen LogP contribution in [0, 0.1) is 0 Å². The molecule has 2 aromatic rings. The van der Waals surface area contributed by atoms with Gasteiger partial charge in [-0.25, -0.2) is 0 Å². The van der Waals surface area contributed by atoms with Crippen molar-refractivity contribution in [3.63, 3.8) is 0 Å². The second kappa shape index (κ2) is 2.93. The van der Waals surface area contributed by atoms with E-state index in [1.165, 1.54) is 6.20 Å². The number of rotatable bonds is 1. The highest BCUT2D eigenvalue weighted by Crippen LogP contribution is 2.27. The van der Waals surface area contributed by atoms with E-state index in [4.69, 9.17) is 16.1 Å². The van der Waals surface area contributed by atoms with Crippen LogP contribution in [0.1, 0.15) is 0 Å². The minimum absolute atomic E-state index is 0.0104. The van der Waals surface area contributed by atoms with Crippen molar-refractivity contribution in [2.75, 3.05) is 0 Å². The van der Waals surface area contributed by atoms with Gasteiger partial charge in [0.15, 0.2) is 5.58 Å². The highest BCUT2D eigenvalue weighted by atomic mass is 35.5. The Morgan fingerprint density at radius 3 is 2.79 bits per heavy atom. The van der Waals surface area contributed by atoms with E-state index in [-0.39, 0.29) is 10.6 Å². The van der Waals surface area contributed by atoms with Gasteiger partial charge in [0.25, 0.3) is 0 Å². The zero-order valence-corrected chi connectivity index (χ0v) is 8.14. The SMILES string of the molecule is O=S(=O)(F)c1cc(Cl)c2oncc2c1. The fourth-order valence-electron chi connectivity index (χ4n) is 1.06. The molecule has 0 aliphatic heterocycles. The Labute approximate surface area is 83.5 Å². The van der Waals surface area contributed by atoms with Crippen molar-refractivity contribution in [2.24, 2.45) is 0 Å². The minimum atomic E-state index is -4.75. The maximum Gasteiger partial charge on any atom is 0.332 e. The number of hydrogen-bond donors (Lipinski definition) is 0. The van der Waals surface area contributed by atoms with Gasteiger partial charge in [-0.1, -0.05) is 16.8 Å². The van der Waals surface area contributed by atoms with Crippen LogP contribution in [0.15, 0.2) is 27.7 Å². The fraction of sp³-hybridized carbons (Fsp3) is 0. The van der Waals surface area contributed by atoms with E-state index in [0.29, 0.717) is 5.39 Å². The summed E-state index contributed by atoms with van der Waals surface area (Å²) in [7, 11) is -4.75. The average Bonchev–Trinajstić information content (AvgIpc) is 2.50. The summed E-state index contributed by atoms with van der Waals surface area (Å²) in [5, 5.41) is 3.76. The lowest BCUT2D eigenvalue weighted by Crippen LogP contribution is -1.91. The van der Waals surface area contributed by atoms with Gasteiger partial charge in [0.05, 0.1) is 11.2 Å². The molecular formula is C7H3ClFNO3S. The number of nitrogens with zero attached hydrogens (tertiary/aromatic N) is 1. The molecule has 1 heterocycles. The van der Waals surface area contributed by atoms with Gasteiger partial charge in [-0.2, -0.15) is 8.42 Å². The Kier molecular flexibility index (Phi) is 1.97. The summed E-state index contributed by atoms with van der Waals surface area (Å²) in [5.41, 5.74) is 0.235. The molecule has 0 radical (unpaired) electrons. The summed E-state index contributed by atoms with van der Waals surface area (Å²) in [6, 6.07) is 2.08. The van der Waals surface area contributed by atoms with Gasteiger partial charge in [0.1, 0.15) is 4.90 Å². The predicted octanol–water partition coefficient (Wildman–Crippen LogP) is 2.14. The normalized spacial score (nSPS) is 12.1. The number of aromatic nitrogens is 1. The molecule has 0 amide bonds. The van der Waals surface area contributed by atoms with Crippen molar-refractivity contribution in [1.29, 1.82) is 0 Å². The summed E-state index contributed by atoms with van der Waals surface area (Å²) >= 11 is 5.64. The van der Waals surface area contributed by atoms with Crippen LogP contribution in [0.3, 0.4) is 0 Å². The van der Waals surface area contributed by atoms with Gasteiger partial charge < -0.3 is 4.52 Å². The van der Waals surface area contributed by atoms with E-state index < -0.39 is 15.1 Å². The number of fused-ring (bicyclic) bond motifs is 1. The van der Waals surface area contributed by atoms with E-state index in [9.17, 15) is 12.3 Å². The second-order valence-electron chi connectivity index (χ2n) is 2.59. The van der Waals surface area contributed by atoms with E-state index in [1.807, 2.05) is 0 Å². The van der Waals surface area contributed by atoms with Gasteiger partial charge in [-0.15, -0.1) is 3.89 Å². The van der Waals surface area contributed by atoms with Crippen LogP contribution in [0.4, 0.5) is 3.89 Å². The third-order valence-electron chi connectivity index (χ3n) is 1.66. The Balaban J connectivity index is 2.83. The van der Waals surface area contributed by atoms with Crippen LogP contribution in [0.25, 0.3) is 11.0 Å². The lowest BCUT2D eigenvalue weighted by atomic mass is 10.3. The lowest BCUT2D eigenvalue weighted by Gasteiger charge is -1.95. The highest BCUT2D eigenvalue weighted by molar-refractivity contribution is 7.86. The second-order valence-corrected chi connectivity index (χ2v) is 4.34. The summed E-state index contributed by atoms with van der Waals surface area (Å²) in [6.45, 7) is 0. The smallest absolute Gasteiger partial charge is 0.332 e. The summed E-state index contributed by atoms with van der Waals surface area (Å²) < 4.78 is 38.5. The molecule has 0 aliphatic carbocycles. The minimum Gasteiger partial charge on any atom is -0.355 e. The van der Waals surface area contributed by atoms with Gasteiger partial charge in [-0.05, 0) is 12.1 Å². The van der Waals surface area contributed by atoms with Gasteiger partial charge in [0.2, 0.25) is 0 Å². The van der Waals surface area contributed by atoms with Gasteiger partial charge >= 0.3 is 10.2 Å². The van der Waals surface area contributed by atoms with E-state index in [1.54, 1.807) is 0 Å². The van der Waals surface area contributed by atoms with E-state index in [2.05, 4.69) is 5.16 Å². The molecule has 1 aromatic carbocycles. The van der Waals surface area contributed by atoms with Crippen molar-refractivity contribution < 1.29 is 16.8 Å². The average molecular weight is 236 g/mol. The maximum absolute atomic E-state index is 12.6. The Hall–Kier alpha value is -1.14. The first kappa shape index (κ1) is 9.42. The van der Waals surface area contributed by atoms with Crippen LogP contribution in [-0.2, 0) is 10.2 Å². The molecule has 1 aromatic heterocycles. The molecule has 0 fully saturated rings. The Morgan fingerprint density at radius 2 is 2.14 bits per heavy atom. The molecule has 0 unspecified atom stereocenters. The van der Waals surface area contributed by atoms with Crippen LogP contribution in [-0.4, -0.2) is 13.6 Å². The topological polar surface area (TPSA) is 60.2 Å². The predicted molar refractivity (Wildman–Crippen MR) is 47.3 cm³/mol. The summed E-state index contributed by atoms with van der Waals surface area (Å²) in [4.78, 5) is -0.502. The third-order valence-corrected chi connectivity index (χ3v) is 2.74. The maximum atomic E-state index is 12.6. The van der Waals surface area contributed by atoms with Gasteiger partial charge in [-0.3, -0.25) is 0 Å². The molecule has 0 saturated heterocycles. The van der Waals surface area contributed by atoms with Crippen molar-refractivity contribution >= 4 is 32.8 Å². The van der Waals surface area contributed by atoms with Crippen LogP contribution >= 0.6 is 11.6 Å². The molecular weight excluding hydrogens is 233 g/mol.